The summed E-state index contributed by atoms with van der Waals surface area (Å²) in [5.74, 6) is 0.776. The number of nitrogens with zero attached hydrogens (tertiary/aromatic N) is 1. The molecule has 2 aromatic rings. The zero-order valence-corrected chi connectivity index (χ0v) is 15.2. The van der Waals surface area contributed by atoms with Crippen LogP contribution in [0.3, 0.4) is 0 Å². The number of ether oxygens (including phenoxy) is 1. The van der Waals surface area contributed by atoms with Gasteiger partial charge in [-0.3, -0.25) is 4.90 Å². The molecule has 0 aliphatic heterocycles. The second-order valence-corrected chi connectivity index (χ2v) is 6.70. The van der Waals surface area contributed by atoms with E-state index >= 15 is 0 Å². The average Bonchev–Trinajstić information content (AvgIpc) is 3.02. The summed E-state index contributed by atoms with van der Waals surface area (Å²) in [6.07, 6.45) is 1.10. The molecule has 132 valence electrons. The lowest BCUT2D eigenvalue weighted by molar-refractivity contribution is -0.00119. The van der Waals surface area contributed by atoms with E-state index in [9.17, 15) is 5.11 Å². The maximum atomic E-state index is 10.3. The summed E-state index contributed by atoms with van der Waals surface area (Å²) >= 11 is 0. The van der Waals surface area contributed by atoms with Crippen molar-refractivity contribution in [2.45, 2.75) is 53.0 Å². The number of furan rings is 1. The molecule has 4 nitrogen and oxygen atoms in total. The minimum Gasteiger partial charge on any atom is -0.467 e. The van der Waals surface area contributed by atoms with E-state index < -0.39 is 6.10 Å². The standard InChI is InChI=1S/C20H29NO3/c1-15(2)21(11-18-8-7-16(3)10-17(18)4)12-19(22)13-23-14-20-6-5-9-24-20/h5-10,15,19,22H,11-14H2,1-4H3. The minimum atomic E-state index is -0.520. The third-order valence-corrected chi connectivity index (χ3v) is 4.18. The van der Waals surface area contributed by atoms with Crippen molar-refractivity contribution < 1.29 is 14.3 Å². The maximum absolute atomic E-state index is 10.3. The molecule has 0 spiro atoms. The zero-order chi connectivity index (χ0) is 17.5. The predicted octanol–water partition coefficient (Wildman–Crippen LogP) is 3.68. The van der Waals surface area contributed by atoms with Crippen LogP contribution in [0.4, 0.5) is 0 Å². The lowest BCUT2D eigenvalue weighted by Crippen LogP contribution is -2.39. The van der Waals surface area contributed by atoms with Crippen molar-refractivity contribution in [3.63, 3.8) is 0 Å². The first-order valence-electron chi connectivity index (χ1n) is 8.54. The van der Waals surface area contributed by atoms with Crippen molar-refractivity contribution in [3.8, 4) is 0 Å². The summed E-state index contributed by atoms with van der Waals surface area (Å²) in [5.41, 5.74) is 3.88. The molecule has 1 N–H and O–H groups in total. The second-order valence-electron chi connectivity index (χ2n) is 6.70. The lowest BCUT2D eigenvalue weighted by atomic mass is 10.0. The van der Waals surface area contributed by atoms with Crippen molar-refractivity contribution in [1.82, 2.24) is 4.90 Å². The van der Waals surface area contributed by atoms with Crippen LogP contribution in [0.15, 0.2) is 41.0 Å². The lowest BCUT2D eigenvalue weighted by Gasteiger charge is -2.29. The number of benzene rings is 1. The van der Waals surface area contributed by atoms with Crippen LogP contribution >= 0.6 is 0 Å². The molecule has 0 aliphatic carbocycles. The fourth-order valence-corrected chi connectivity index (χ4v) is 2.71. The molecule has 0 radical (unpaired) electrons. The molecule has 0 saturated carbocycles. The fourth-order valence-electron chi connectivity index (χ4n) is 2.71. The van der Waals surface area contributed by atoms with Crippen LogP contribution in [-0.4, -0.2) is 35.3 Å². The highest BCUT2D eigenvalue weighted by Gasteiger charge is 2.16. The molecule has 1 unspecified atom stereocenters. The largest absolute Gasteiger partial charge is 0.467 e. The minimum absolute atomic E-state index is 0.302. The zero-order valence-electron chi connectivity index (χ0n) is 15.2. The SMILES string of the molecule is Cc1ccc(CN(CC(O)COCc2ccco2)C(C)C)c(C)c1. The highest BCUT2D eigenvalue weighted by Crippen LogP contribution is 2.15. The first kappa shape index (κ1) is 18.7. The van der Waals surface area contributed by atoms with E-state index in [1.54, 1.807) is 6.26 Å². The van der Waals surface area contributed by atoms with Crippen LogP contribution in [0.2, 0.25) is 0 Å². The van der Waals surface area contributed by atoms with Crippen LogP contribution in [0, 0.1) is 13.8 Å². The third-order valence-electron chi connectivity index (χ3n) is 4.18. The van der Waals surface area contributed by atoms with Gasteiger partial charge in [0.05, 0.1) is 19.0 Å². The van der Waals surface area contributed by atoms with Gasteiger partial charge in [-0.15, -0.1) is 0 Å². The van der Waals surface area contributed by atoms with Gasteiger partial charge >= 0.3 is 0 Å². The van der Waals surface area contributed by atoms with E-state index in [4.69, 9.17) is 9.15 Å². The van der Waals surface area contributed by atoms with E-state index in [2.05, 4.69) is 50.8 Å². The molecule has 1 aromatic heterocycles. The summed E-state index contributed by atoms with van der Waals surface area (Å²) in [4.78, 5) is 2.28. The average molecular weight is 331 g/mol. The predicted molar refractivity (Wildman–Crippen MR) is 95.8 cm³/mol. The molecular weight excluding hydrogens is 302 g/mol. The molecule has 24 heavy (non-hydrogen) atoms. The highest BCUT2D eigenvalue weighted by atomic mass is 16.5. The normalized spacial score (nSPS) is 13.0. The Labute approximate surface area is 145 Å². The van der Waals surface area contributed by atoms with E-state index in [1.165, 1.54) is 16.7 Å². The van der Waals surface area contributed by atoms with Gasteiger partial charge in [0.25, 0.3) is 0 Å². The molecule has 4 heteroatoms. The summed E-state index contributed by atoms with van der Waals surface area (Å²) in [6.45, 7) is 10.7. The van der Waals surface area contributed by atoms with Crippen LogP contribution in [0.1, 0.15) is 36.3 Å². The molecular formula is C20H29NO3. The van der Waals surface area contributed by atoms with Gasteiger partial charge in [0.1, 0.15) is 12.4 Å². The quantitative estimate of drug-likeness (QED) is 0.761. The first-order chi connectivity index (χ1) is 11.5. The molecule has 1 heterocycles. The summed E-state index contributed by atoms with van der Waals surface area (Å²) in [5, 5.41) is 10.3. The smallest absolute Gasteiger partial charge is 0.129 e. The van der Waals surface area contributed by atoms with Gasteiger partial charge < -0.3 is 14.3 Å². The number of hydrogen-bond acceptors (Lipinski definition) is 4. The topological polar surface area (TPSA) is 45.8 Å². The van der Waals surface area contributed by atoms with E-state index in [0.717, 1.165) is 12.3 Å². The Hall–Kier alpha value is -1.62. The summed E-state index contributed by atoms with van der Waals surface area (Å²) in [7, 11) is 0. The molecule has 0 amide bonds. The summed E-state index contributed by atoms with van der Waals surface area (Å²) < 4.78 is 10.8. The number of hydrogen-bond donors (Lipinski definition) is 1. The molecule has 0 bridgehead atoms. The third kappa shape index (κ3) is 5.78. The molecule has 0 saturated heterocycles. The Morgan fingerprint density at radius 1 is 1.21 bits per heavy atom. The van der Waals surface area contributed by atoms with Crippen molar-refractivity contribution in [1.29, 1.82) is 0 Å². The molecule has 0 aliphatic rings. The van der Waals surface area contributed by atoms with Gasteiger partial charge in [-0.2, -0.15) is 0 Å². The maximum Gasteiger partial charge on any atom is 0.129 e. The van der Waals surface area contributed by atoms with Crippen molar-refractivity contribution in [3.05, 3.63) is 59.0 Å². The van der Waals surface area contributed by atoms with Gasteiger partial charge in [-0.05, 0) is 51.0 Å². The molecule has 1 aromatic carbocycles. The fraction of sp³-hybridized carbons (Fsp3) is 0.500. The molecule has 0 fully saturated rings. The molecule has 1 atom stereocenters. The number of aryl methyl sites for hydroxylation is 2. The Morgan fingerprint density at radius 3 is 2.62 bits per heavy atom. The van der Waals surface area contributed by atoms with Crippen LogP contribution in [0.5, 0.6) is 0 Å². The van der Waals surface area contributed by atoms with Gasteiger partial charge in [0, 0.05) is 19.1 Å². The van der Waals surface area contributed by atoms with Gasteiger partial charge in [0.15, 0.2) is 0 Å². The van der Waals surface area contributed by atoms with Crippen LogP contribution in [-0.2, 0) is 17.9 Å². The Balaban J connectivity index is 1.85. The van der Waals surface area contributed by atoms with Gasteiger partial charge in [-0.25, -0.2) is 0 Å². The summed E-state index contributed by atoms with van der Waals surface area (Å²) in [6, 6.07) is 10.6. The van der Waals surface area contributed by atoms with Crippen LogP contribution < -0.4 is 0 Å². The highest BCUT2D eigenvalue weighted by molar-refractivity contribution is 5.30. The Bertz CT molecular complexity index is 607. The van der Waals surface area contributed by atoms with Crippen molar-refractivity contribution in [2.24, 2.45) is 0 Å². The van der Waals surface area contributed by atoms with Crippen LogP contribution in [0.25, 0.3) is 0 Å². The monoisotopic (exact) mass is 331 g/mol. The van der Waals surface area contributed by atoms with Crippen molar-refractivity contribution >= 4 is 0 Å². The number of aliphatic hydroxyl groups is 1. The van der Waals surface area contributed by atoms with Gasteiger partial charge in [-0.1, -0.05) is 23.8 Å². The Kier molecular flexibility index (Phi) is 7.03. The van der Waals surface area contributed by atoms with E-state index in [-0.39, 0.29) is 0 Å². The number of rotatable bonds is 9. The Morgan fingerprint density at radius 2 is 2.00 bits per heavy atom. The first-order valence-corrected chi connectivity index (χ1v) is 8.54. The molecule has 2 rings (SSSR count). The van der Waals surface area contributed by atoms with E-state index in [1.807, 2.05) is 12.1 Å². The van der Waals surface area contributed by atoms with Gasteiger partial charge in [0.2, 0.25) is 0 Å². The van der Waals surface area contributed by atoms with E-state index in [0.29, 0.717) is 25.8 Å². The number of aliphatic hydroxyl groups excluding tert-OH is 1. The second kappa shape index (κ2) is 9.02. The van der Waals surface area contributed by atoms with Crippen molar-refractivity contribution in [2.75, 3.05) is 13.2 Å².